The van der Waals surface area contributed by atoms with Gasteiger partial charge in [0.15, 0.2) is 0 Å². The summed E-state index contributed by atoms with van der Waals surface area (Å²) in [6.45, 7) is 1.91. The van der Waals surface area contributed by atoms with E-state index in [1.54, 1.807) is 25.1 Å². The van der Waals surface area contributed by atoms with E-state index in [9.17, 15) is 18.3 Å². The van der Waals surface area contributed by atoms with Crippen LogP contribution in [0.2, 0.25) is 0 Å². The van der Waals surface area contributed by atoms with Crippen molar-refractivity contribution in [3.8, 4) is 11.5 Å². The highest BCUT2D eigenvalue weighted by molar-refractivity contribution is 7.89. The third-order valence-electron chi connectivity index (χ3n) is 3.47. The van der Waals surface area contributed by atoms with Gasteiger partial charge in [0, 0.05) is 13.1 Å². The molecule has 0 aliphatic heterocycles. The van der Waals surface area contributed by atoms with Gasteiger partial charge >= 0.3 is 0 Å². The SMILES string of the molecule is COc1ccc(S(=O)(=O)NCCNC(=O)c2ccc(C)cc2O)cc1. The second-order valence-electron chi connectivity index (χ2n) is 5.35. The number of benzene rings is 2. The van der Waals surface area contributed by atoms with Crippen LogP contribution in [0, 0.1) is 6.92 Å². The lowest BCUT2D eigenvalue weighted by molar-refractivity contribution is 0.0951. The van der Waals surface area contributed by atoms with Crippen LogP contribution in [-0.4, -0.2) is 39.6 Å². The molecule has 8 heteroatoms. The molecular formula is C17H20N2O5S. The minimum absolute atomic E-state index is 0.0206. The first-order valence-electron chi connectivity index (χ1n) is 7.55. The van der Waals surface area contributed by atoms with Gasteiger partial charge in [-0.1, -0.05) is 6.07 Å². The molecule has 2 aromatic carbocycles. The molecule has 0 aliphatic rings. The van der Waals surface area contributed by atoms with Crippen molar-refractivity contribution in [2.45, 2.75) is 11.8 Å². The summed E-state index contributed by atoms with van der Waals surface area (Å²) in [4.78, 5) is 12.1. The fourth-order valence-corrected chi connectivity index (χ4v) is 3.16. The van der Waals surface area contributed by atoms with Gasteiger partial charge in [-0.2, -0.15) is 0 Å². The van der Waals surface area contributed by atoms with E-state index in [1.165, 1.54) is 31.4 Å². The summed E-state index contributed by atoms with van der Waals surface area (Å²) in [7, 11) is -2.17. The van der Waals surface area contributed by atoms with Gasteiger partial charge in [0.05, 0.1) is 17.6 Å². The molecule has 0 aliphatic carbocycles. The Balaban J connectivity index is 1.88. The molecule has 0 spiro atoms. The maximum Gasteiger partial charge on any atom is 0.255 e. The highest BCUT2D eigenvalue weighted by Gasteiger charge is 2.14. The van der Waals surface area contributed by atoms with Crippen molar-refractivity contribution in [1.29, 1.82) is 0 Å². The van der Waals surface area contributed by atoms with Crippen LogP contribution in [0.1, 0.15) is 15.9 Å². The van der Waals surface area contributed by atoms with Crippen LogP contribution < -0.4 is 14.8 Å². The number of carbonyl (C=O) groups is 1. The molecule has 0 radical (unpaired) electrons. The molecule has 0 atom stereocenters. The molecule has 25 heavy (non-hydrogen) atoms. The van der Waals surface area contributed by atoms with Gasteiger partial charge in [-0.25, -0.2) is 13.1 Å². The quantitative estimate of drug-likeness (QED) is 0.645. The molecule has 0 heterocycles. The highest BCUT2D eigenvalue weighted by atomic mass is 32.2. The number of methoxy groups -OCH3 is 1. The van der Waals surface area contributed by atoms with Crippen molar-refractivity contribution in [3.05, 3.63) is 53.6 Å². The van der Waals surface area contributed by atoms with Gasteiger partial charge in [0.1, 0.15) is 11.5 Å². The second kappa shape index (κ2) is 8.00. The predicted octanol–water partition coefficient (Wildman–Crippen LogP) is 1.42. The summed E-state index contributed by atoms with van der Waals surface area (Å²) in [6.07, 6.45) is 0. The average Bonchev–Trinajstić information content (AvgIpc) is 2.58. The Morgan fingerprint density at radius 1 is 1.12 bits per heavy atom. The predicted molar refractivity (Wildman–Crippen MR) is 93.4 cm³/mol. The second-order valence-corrected chi connectivity index (χ2v) is 7.12. The Labute approximate surface area is 146 Å². The number of aromatic hydroxyl groups is 1. The normalized spacial score (nSPS) is 11.1. The third kappa shape index (κ3) is 4.94. The Kier molecular flexibility index (Phi) is 6.00. The number of nitrogens with one attached hydrogen (secondary N) is 2. The summed E-state index contributed by atoms with van der Waals surface area (Å²) in [5.41, 5.74) is 0.977. The van der Waals surface area contributed by atoms with E-state index in [-0.39, 0.29) is 29.3 Å². The van der Waals surface area contributed by atoms with E-state index in [1.807, 2.05) is 0 Å². The molecule has 0 bridgehead atoms. The van der Waals surface area contributed by atoms with Crippen LogP contribution in [0.5, 0.6) is 11.5 Å². The van der Waals surface area contributed by atoms with Gasteiger partial charge in [0.2, 0.25) is 10.0 Å². The molecule has 0 unspecified atom stereocenters. The maximum atomic E-state index is 12.1. The third-order valence-corrected chi connectivity index (χ3v) is 4.95. The molecule has 0 saturated heterocycles. The summed E-state index contributed by atoms with van der Waals surface area (Å²) in [6, 6.07) is 10.7. The van der Waals surface area contributed by atoms with E-state index < -0.39 is 15.9 Å². The van der Waals surface area contributed by atoms with Crippen molar-refractivity contribution in [2.75, 3.05) is 20.2 Å². The molecule has 7 nitrogen and oxygen atoms in total. The summed E-state index contributed by atoms with van der Waals surface area (Å²) in [5.74, 6) is -0.0263. The minimum Gasteiger partial charge on any atom is -0.507 e. The van der Waals surface area contributed by atoms with Crippen molar-refractivity contribution in [1.82, 2.24) is 10.0 Å². The number of ether oxygens (including phenoxy) is 1. The first kappa shape index (κ1) is 18.8. The smallest absolute Gasteiger partial charge is 0.255 e. The number of phenols is 1. The number of sulfonamides is 1. The van der Waals surface area contributed by atoms with Crippen LogP contribution in [0.3, 0.4) is 0 Å². The molecule has 1 amide bonds. The zero-order valence-corrected chi connectivity index (χ0v) is 14.8. The van der Waals surface area contributed by atoms with Crippen LogP contribution in [-0.2, 0) is 10.0 Å². The highest BCUT2D eigenvalue weighted by Crippen LogP contribution is 2.18. The fraction of sp³-hybridized carbons (Fsp3) is 0.235. The lowest BCUT2D eigenvalue weighted by Crippen LogP contribution is -2.34. The summed E-state index contributed by atoms with van der Waals surface area (Å²) < 4.78 is 31.6. The van der Waals surface area contributed by atoms with Crippen molar-refractivity contribution >= 4 is 15.9 Å². The van der Waals surface area contributed by atoms with E-state index in [4.69, 9.17) is 4.74 Å². The van der Waals surface area contributed by atoms with Gasteiger partial charge in [-0.15, -0.1) is 0 Å². The zero-order chi connectivity index (χ0) is 18.4. The topological polar surface area (TPSA) is 105 Å². The van der Waals surface area contributed by atoms with Crippen LogP contribution in [0.25, 0.3) is 0 Å². The zero-order valence-electron chi connectivity index (χ0n) is 13.9. The molecule has 0 saturated carbocycles. The van der Waals surface area contributed by atoms with E-state index >= 15 is 0 Å². The van der Waals surface area contributed by atoms with Gasteiger partial charge in [-0.05, 0) is 48.9 Å². The van der Waals surface area contributed by atoms with Crippen LogP contribution in [0.15, 0.2) is 47.4 Å². The monoisotopic (exact) mass is 364 g/mol. The van der Waals surface area contributed by atoms with Gasteiger partial charge < -0.3 is 15.2 Å². The molecule has 2 rings (SSSR count). The molecular weight excluding hydrogens is 344 g/mol. The van der Waals surface area contributed by atoms with E-state index in [0.717, 1.165) is 5.56 Å². The number of hydrogen-bond acceptors (Lipinski definition) is 5. The molecule has 2 aromatic rings. The number of carbonyl (C=O) groups excluding carboxylic acids is 1. The average molecular weight is 364 g/mol. The Morgan fingerprint density at radius 2 is 1.80 bits per heavy atom. The number of rotatable bonds is 7. The number of hydrogen-bond donors (Lipinski definition) is 3. The van der Waals surface area contributed by atoms with Gasteiger partial charge in [0.25, 0.3) is 5.91 Å². The van der Waals surface area contributed by atoms with E-state index in [2.05, 4.69) is 10.0 Å². The number of aryl methyl sites for hydroxylation is 1. The van der Waals surface area contributed by atoms with Crippen LogP contribution in [0.4, 0.5) is 0 Å². The summed E-state index contributed by atoms with van der Waals surface area (Å²) >= 11 is 0. The fourth-order valence-electron chi connectivity index (χ4n) is 2.13. The van der Waals surface area contributed by atoms with Crippen molar-refractivity contribution in [2.24, 2.45) is 0 Å². The minimum atomic E-state index is -3.67. The number of phenolic OH excluding ortho intramolecular Hbond substituents is 1. The standard InChI is InChI=1S/C17H20N2O5S/c1-12-3-8-15(16(20)11-12)17(21)18-9-10-19-25(22,23)14-6-4-13(24-2)5-7-14/h3-8,11,19-20H,9-10H2,1-2H3,(H,18,21). The number of amides is 1. The molecule has 0 fully saturated rings. The Hall–Kier alpha value is -2.58. The molecule has 3 N–H and O–H groups in total. The van der Waals surface area contributed by atoms with Crippen LogP contribution >= 0.6 is 0 Å². The first-order valence-corrected chi connectivity index (χ1v) is 9.03. The maximum absolute atomic E-state index is 12.1. The lowest BCUT2D eigenvalue weighted by atomic mass is 10.1. The van der Waals surface area contributed by atoms with E-state index in [0.29, 0.717) is 5.75 Å². The molecule has 0 aromatic heterocycles. The Bertz CT molecular complexity index is 848. The largest absolute Gasteiger partial charge is 0.507 e. The summed E-state index contributed by atoms with van der Waals surface area (Å²) in [5, 5.41) is 12.3. The lowest BCUT2D eigenvalue weighted by Gasteiger charge is -2.09. The first-order chi connectivity index (χ1) is 11.8. The molecule has 134 valence electrons. The van der Waals surface area contributed by atoms with Crippen molar-refractivity contribution < 1.29 is 23.1 Å². The Morgan fingerprint density at radius 3 is 2.40 bits per heavy atom. The van der Waals surface area contributed by atoms with Crippen molar-refractivity contribution in [3.63, 3.8) is 0 Å². The van der Waals surface area contributed by atoms with Gasteiger partial charge in [-0.3, -0.25) is 4.79 Å².